The zero-order valence-electron chi connectivity index (χ0n) is 31.5. The van der Waals surface area contributed by atoms with Crippen molar-refractivity contribution in [1.82, 2.24) is 9.13 Å². The Morgan fingerprint density at radius 2 is 0.638 bits per heavy atom. The van der Waals surface area contributed by atoms with Crippen molar-refractivity contribution in [2.45, 2.75) is 40.0 Å². The predicted octanol–water partition coefficient (Wildman–Crippen LogP) is 14.8. The quantitative estimate of drug-likeness (QED) is 0.157. The van der Waals surface area contributed by atoms with Gasteiger partial charge in [0, 0.05) is 32.7 Å². The zero-order chi connectivity index (χ0) is 41.0. The van der Waals surface area contributed by atoms with Crippen molar-refractivity contribution in [3.63, 3.8) is 0 Å². The number of halogens is 8. The Kier molecular flexibility index (Phi) is 8.37. The first kappa shape index (κ1) is 37.2. The molecule has 0 saturated carbocycles. The van der Waals surface area contributed by atoms with E-state index in [4.69, 9.17) is 0 Å². The van der Waals surface area contributed by atoms with Gasteiger partial charge in [0.05, 0.1) is 44.6 Å². The molecular weight excluding hydrogens is 757 g/mol. The van der Waals surface area contributed by atoms with Crippen molar-refractivity contribution in [2.24, 2.45) is 0 Å². The summed E-state index contributed by atoms with van der Waals surface area (Å²) in [6.45, 7) is 7.28. The van der Waals surface area contributed by atoms with E-state index in [1.165, 1.54) is 16.7 Å². The summed E-state index contributed by atoms with van der Waals surface area (Å²) in [6, 6.07) is 28.9. The highest BCUT2D eigenvalue weighted by Crippen LogP contribution is 2.56. The Hall–Kier alpha value is -6.42. The number of aromatic nitrogens is 2. The van der Waals surface area contributed by atoms with Crippen LogP contribution in [0.2, 0.25) is 0 Å². The molecule has 0 N–H and O–H groups in total. The van der Waals surface area contributed by atoms with Crippen molar-refractivity contribution in [3.8, 4) is 33.6 Å². The maximum atomic E-state index is 16.6. The van der Waals surface area contributed by atoms with Crippen molar-refractivity contribution in [3.05, 3.63) is 166 Å². The SMILES string of the molecule is Cc1ccc2c(c1)c1cc(C)ccc1n2-c1c(-c2ccc(F)cc2)c(C(F)(F)F)c(-n2c3ccc(C)cc3c3cc(C)ccc32)c(C(F)(F)F)c1-c1ccc(F)cc1. The number of rotatable bonds is 4. The van der Waals surface area contributed by atoms with E-state index in [9.17, 15) is 8.78 Å². The van der Waals surface area contributed by atoms with Gasteiger partial charge in [-0.15, -0.1) is 0 Å². The van der Waals surface area contributed by atoms with Crippen LogP contribution in [0.5, 0.6) is 0 Å². The first-order valence-electron chi connectivity index (χ1n) is 18.4. The smallest absolute Gasteiger partial charge is 0.308 e. The average Bonchev–Trinajstić information content (AvgIpc) is 3.64. The van der Waals surface area contributed by atoms with Gasteiger partial charge in [0.15, 0.2) is 0 Å². The van der Waals surface area contributed by atoms with Crippen molar-refractivity contribution in [2.75, 3.05) is 0 Å². The van der Waals surface area contributed by atoms with Gasteiger partial charge < -0.3 is 9.13 Å². The van der Waals surface area contributed by atoms with E-state index >= 15 is 26.3 Å². The molecule has 0 saturated heterocycles. The molecule has 10 heteroatoms. The number of alkyl halides is 6. The second kappa shape index (κ2) is 13.1. The predicted molar refractivity (Wildman–Crippen MR) is 215 cm³/mol. The lowest BCUT2D eigenvalue weighted by atomic mass is 9.85. The Bertz CT molecular complexity index is 2920. The molecule has 0 atom stereocenters. The maximum absolute atomic E-state index is 16.6. The summed E-state index contributed by atoms with van der Waals surface area (Å²) in [6.07, 6.45) is -10.9. The monoisotopic (exact) mass is 788 g/mol. The van der Waals surface area contributed by atoms with Gasteiger partial charge in [-0.05, 0) is 112 Å². The molecule has 9 rings (SSSR count). The minimum Gasteiger partial charge on any atom is -0.308 e. The van der Waals surface area contributed by atoms with Crippen molar-refractivity contribution in [1.29, 1.82) is 0 Å². The fraction of sp³-hybridized carbons (Fsp3) is 0.125. The lowest BCUT2D eigenvalue weighted by Gasteiger charge is -2.31. The van der Waals surface area contributed by atoms with Crippen LogP contribution in [0.15, 0.2) is 121 Å². The van der Waals surface area contributed by atoms with Gasteiger partial charge in [0.25, 0.3) is 0 Å². The van der Waals surface area contributed by atoms with E-state index in [2.05, 4.69) is 0 Å². The standard InChI is InChI=1S/C48H32F8N2/c1-25-5-17-37-33(21-25)34-22-26(2)6-18-38(34)57(37)45-41(29-9-13-31(49)14-10-29)43(47(51,52)53)46(44(48(54,55)56)42(45)30-11-15-32(50)16-12-30)58-39-19-7-27(3)23-35(39)36-24-28(4)8-20-40(36)58/h5-24H,1-4H3. The van der Waals surface area contributed by atoms with Gasteiger partial charge in [-0.1, -0.05) is 70.8 Å². The molecule has 0 fully saturated rings. The molecule has 2 aromatic heterocycles. The molecule has 7 aromatic carbocycles. The zero-order valence-corrected chi connectivity index (χ0v) is 31.5. The van der Waals surface area contributed by atoms with Gasteiger partial charge in [-0.3, -0.25) is 0 Å². The highest BCUT2D eigenvalue weighted by Gasteiger charge is 2.49. The minimum atomic E-state index is -5.43. The van der Waals surface area contributed by atoms with E-state index in [0.29, 0.717) is 32.6 Å². The van der Waals surface area contributed by atoms with Crippen molar-refractivity contribution < 1.29 is 35.1 Å². The highest BCUT2D eigenvalue weighted by atomic mass is 19.4. The Labute approximate surface area is 327 Å². The summed E-state index contributed by atoms with van der Waals surface area (Å²) in [7, 11) is 0. The highest BCUT2D eigenvalue weighted by molar-refractivity contribution is 6.13. The molecule has 0 bridgehead atoms. The normalized spacial score (nSPS) is 12.5. The molecule has 290 valence electrons. The van der Waals surface area contributed by atoms with Gasteiger partial charge in [-0.2, -0.15) is 26.3 Å². The van der Waals surface area contributed by atoms with Crippen LogP contribution in [0.3, 0.4) is 0 Å². The lowest BCUT2D eigenvalue weighted by Crippen LogP contribution is -2.23. The molecule has 0 aliphatic carbocycles. The van der Waals surface area contributed by atoms with E-state index in [-0.39, 0.29) is 22.2 Å². The number of fused-ring (bicyclic) bond motifs is 6. The largest absolute Gasteiger partial charge is 0.419 e. The average molecular weight is 789 g/mol. The van der Waals surface area contributed by atoms with Crippen LogP contribution >= 0.6 is 0 Å². The van der Waals surface area contributed by atoms with Gasteiger partial charge in [0.2, 0.25) is 0 Å². The van der Waals surface area contributed by atoms with Crippen LogP contribution in [-0.2, 0) is 12.4 Å². The Balaban J connectivity index is 1.66. The van der Waals surface area contributed by atoms with Gasteiger partial charge >= 0.3 is 12.4 Å². The minimum absolute atomic E-state index is 0.118. The molecule has 0 spiro atoms. The van der Waals surface area contributed by atoms with Crippen molar-refractivity contribution >= 4 is 43.6 Å². The van der Waals surface area contributed by atoms with Crippen LogP contribution in [0.25, 0.3) is 77.2 Å². The molecule has 9 aromatic rings. The number of hydrogen-bond donors (Lipinski definition) is 0. The van der Waals surface area contributed by atoms with Crippen LogP contribution in [0, 0.1) is 39.3 Å². The third-order valence-corrected chi connectivity index (χ3v) is 10.9. The third kappa shape index (κ3) is 5.84. The molecule has 0 aliphatic heterocycles. The second-order valence-electron chi connectivity index (χ2n) is 15.0. The molecule has 0 radical (unpaired) electrons. The molecule has 0 unspecified atom stereocenters. The topological polar surface area (TPSA) is 9.86 Å². The first-order valence-corrected chi connectivity index (χ1v) is 18.4. The molecule has 2 nitrogen and oxygen atoms in total. The number of hydrogen-bond acceptors (Lipinski definition) is 0. The van der Waals surface area contributed by atoms with E-state index in [0.717, 1.165) is 75.4 Å². The molecular formula is C48H32F8N2. The van der Waals surface area contributed by atoms with Crippen LogP contribution < -0.4 is 0 Å². The number of aryl methyl sites for hydroxylation is 4. The second-order valence-corrected chi connectivity index (χ2v) is 15.0. The van der Waals surface area contributed by atoms with Crippen LogP contribution in [-0.4, -0.2) is 9.13 Å². The summed E-state index contributed by atoms with van der Waals surface area (Å²) < 4.78 is 131. The van der Waals surface area contributed by atoms with Gasteiger partial charge in [-0.25, -0.2) is 8.78 Å². The van der Waals surface area contributed by atoms with E-state index in [1.54, 1.807) is 62.4 Å². The Morgan fingerprint density at radius 3 is 0.914 bits per heavy atom. The molecule has 0 amide bonds. The maximum Gasteiger partial charge on any atom is 0.419 e. The molecule has 0 aliphatic rings. The molecule has 2 heterocycles. The first-order chi connectivity index (χ1) is 27.5. The van der Waals surface area contributed by atoms with Crippen LogP contribution in [0.4, 0.5) is 35.1 Å². The summed E-state index contributed by atoms with van der Waals surface area (Å²) in [5.74, 6) is -1.50. The number of benzene rings is 7. The number of nitrogens with zero attached hydrogens (tertiary/aromatic N) is 2. The fourth-order valence-electron chi connectivity index (χ4n) is 8.50. The fourth-order valence-corrected chi connectivity index (χ4v) is 8.50. The van der Waals surface area contributed by atoms with Gasteiger partial charge in [0.1, 0.15) is 11.6 Å². The molecule has 58 heavy (non-hydrogen) atoms. The Morgan fingerprint density at radius 1 is 0.362 bits per heavy atom. The summed E-state index contributed by atoms with van der Waals surface area (Å²) in [5, 5.41) is 2.13. The van der Waals surface area contributed by atoms with E-state index in [1.807, 2.05) is 26.0 Å². The summed E-state index contributed by atoms with van der Waals surface area (Å²) in [5.41, 5.74) is -2.22. The summed E-state index contributed by atoms with van der Waals surface area (Å²) in [4.78, 5) is 0. The summed E-state index contributed by atoms with van der Waals surface area (Å²) >= 11 is 0. The third-order valence-electron chi connectivity index (χ3n) is 10.9. The van der Waals surface area contributed by atoms with E-state index < -0.39 is 57.6 Å². The lowest BCUT2D eigenvalue weighted by molar-refractivity contribution is -0.142. The van der Waals surface area contributed by atoms with Crippen LogP contribution in [0.1, 0.15) is 33.4 Å².